The van der Waals surface area contributed by atoms with Gasteiger partial charge in [-0.2, -0.15) is 0 Å². The van der Waals surface area contributed by atoms with Crippen molar-refractivity contribution in [1.82, 2.24) is 20.1 Å². The first-order chi connectivity index (χ1) is 14.0. The van der Waals surface area contributed by atoms with Gasteiger partial charge in [0.1, 0.15) is 12.4 Å². The van der Waals surface area contributed by atoms with Gasteiger partial charge in [-0.3, -0.25) is 4.79 Å². The largest absolute Gasteiger partial charge is 0.486 e. The number of ether oxygens (including phenoxy) is 1. The third kappa shape index (κ3) is 6.35. The molecule has 0 bridgehead atoms. The molecule has 1 heterocycles. The Balaban J connectivity index is 1.44. The third-order valence-electron chi connectivity index (χ3n) is 4.40. The average molecular weight is 411 g/mol. The Bertz CT molecular complexity index is 936. The number of carbonyl (C=O) groups is 1. The first kappa shape index (κ1) is 20.9. The second-order valence-corrected chi connectivity index (χ2v) is 7.89. The second kappa shape index (κ2) is 10.1. The van der Waals surface area contributed by atoms with Crippen molar-refractivity contribution in [3.05, 3.63) is 71.0 Å². The molecule has 0 aliphatic carbocycles. The van der Waals surface area contributed by atoms with Crippen LogP contribution in [0.3, 0.4) is 0 Å². The molecule has 3 rings (SSSR count). The normalized spacial score (nSPS) is 10.7. The van der Waals surface area contributed by atoms with Crippen LogP contribution in [-0.4, -0.2) is 33.0 Å². The van der Waals surface area contributed by atoms with Crippen LogP contribution in [-0.2, 0) is 24.9 Å². The number of nitrogens with zero attached hydrogens (tertiary/aromatic N) is 3. The fourth-order valence-corrected chi connectivity index (χ4v) is 3.69. The van der Waals surface area contributed by atoms with Crippen LogP contribution >= 0.6 is 11.8 Å². The van der Waals surface area contributed by atoms with Gasteiger partial charge in [0.05, 0.1) is 5.75 Å². The molecule has 0 saturated heterocycles. The van der Waals surface area contributed by atoms with Crippen LogP contribution in [0.15, 0.2) is 53.7 Å². The molecule has 1 aromatic heterocycles. The minimum atomic E-state index is -0.0121. The van der Waals surface area contributed by atoms with Crippen molar-refractivity contribution in [3.8, 4) is 5.75 Å². The van der Waals surface area contributed by atoms with E-state index in [0.29, 0.717) is 24.1 Å². The monoisotopic (exact) mass is 410 g/mol. The highest BCUT2D eigenvalue weighted by Gasteiger charge is 2.12. The van der Waals surface area contributed by atoms with E-state index in [0.717, 1.165) is 29.1 Å². The summed E-state index contributed by atoms with van der Waals surface area (Å²) < 4.78 is 7.72. The molecule has 1 amide bonds. The summed E-state index contributed by atoms with van der Waals surface area (Å²) >= 11 is 1.37. The third-order valence-corrected chi connectivity index (χ3v) is 5.42. The Morgan fingerprint density at radius 1 is 1.10 bits per heavy atom. The maximum absolute atomic E-state index is 12.1. The van der Waals surface area contributed by atoms with Crippen LogP contribution < -0.4 is 10.1 Å². The zero-order valence-electron chi connectivity index (χ0n) is 17.0. The van der Waals surface area contributed by atoms with Crippen LogP contribution in [0.1, 0.15) is 22.5 Å². The summed E-state index contributed by atoms with van der Waals surface area (Å²) in [5, 5.41) is 12.0. The van der Waals surface area contributed by atoms with Crippen LogP contribution in [0.25, 0.3) is 0 Å². The molecular weight excluding hydrogens is 384 g/mol. The molecule has 0 aliphatic heterocycles. The van der Waals surface area contributed by atoms with Crippen molar-refractivity contribution in [2.24, 2.45) is 7.05 Å². The number of aryl methyl sites for hydroxylation is 2. The van der Waals surface area contributed by atoms with E-state index in [1.54, 1.807) is 0 Å². The number of nitrogens with one attached hydrogen (secondary N) is 1. The van der Waals surface area contributed by atoms with Crippen LogP contribution in [0.5, 0.6) is 5.75 Å². The maximum Gasteiger partial charge on any atom is 0.230 e. The van der Waals surface area contributed by atoms with E-state index in [1.165, 1.54) is 17.3 Å². The lowest BCUT2D eigenvalue weighted by atomic mass is 10.1. The van der Waals surface area contributed by atoms with Gasteiger partial charge in [0.25, 0.3) is 0 Å². The Morgan fingerprint density at radius 2 is 1.83 bits per heavy atom. The molecule has 1 N–H and O–H groups in total. The number of amides is 1. The predicted molar refractivity (Wildman–Crippen MR) is 115 cm³/mol. The molecule has 0 atom stereocenters. The highest BCUT2D eigenvalue weighted by atomic mass is 32.2. The van der Waals surface area contributed by atoms with Gasteiger partial charge in [-0.05, 0) is 49.1 Å². The van der Waals surface area contributed by atoms with Crippen molar-refractivity contribution in [2.45, 2.75) is 32.0 Å². The molecule has 7 heteroatoms. The summed E-state index contributed by atoms with van der Waals surface area (Å²) in [7, 11) is 1.88. The first-order valence-electron chi connectivity index (χ1n) is 9.54. The number of benzene rings is 2. The van der Waals surface area contributed by atoms with Gasteiger partial charge in [-0.25, -0.2) is 0 Å². The van der Waals surface area contributed by atoms with E-state index < -0.39 is 0 Å². The summed E-state index contributed by atoms with van der Waals surface area (Å²) in [6.07, 6.45) is 0.821. The minimum absolute atomic E-state index is 0.0121. The number of carbonyl (C=O) groups excluding carboxylic acids is 1. The van der Waals surface area contributed by atoms with Crippen molar-refractivity contribution in [1.29, 1.82) is 0 Å². The van der Waals surface area contributed by atoms with E-state index in [1.807, 2.05) is 55.8 Å². The van der Waals surface area contributed by atoms with Crippen LogP contribution in [0, 0.1) is 13.8 Å². The lowest BCUT2D eigenvalue weighted by molar-refractivity contribution is -0.118. The number of thioether (sulfide) groups is 1. The summed E-state index contributed by atoms with van der Waals surface area (Å²) in [5.74, 6) is 1.83. The van der Waals surface area contributed by atoms with Crippen LogP contribution in [0.4, 0.5) is 0 Å². The molecule has 0 spiro atoms. The Morgan fingerprint density at radius 3 is 2.55 bits per heavy atom. The van der Waals surface area contributed by atoms with Gasteiger partial charge >= 0.3 is 0 Å². The van der Waals surface area contributed by atoms with E-state index in [2.05, 4.69) is 33.7 Å². The van der Waals surface area contributed by atoms with E-state index in [4.69, 9.17) is 4.74 Å². The van der Waals surface area contributed by atoms with Crippen molar-refractivity contribution >= 4 is 17.7 Å². The summed E-state index contributed by atoms with van der Waals surface area (Å²) in [5.41, 5.74) is 3.53. The van der Waals surface area contributed by atoms with E-state index in [9.17, 15) is 4.79 Å². The standard InChI is InChI=1S/C22H26N4O2S/c1-16-11-17(2)13-19(12-16)28-14-20-24-25-22(26(20)3)29-15-21(27)23-10-9-18-7-5-4-6-8-18/h4-8,11-13H,9-10,14-15H2,1-3H3,(H,23,27). The molecule has 0 saturated carbocycles. The zero-order valence-corrected chi connectivity index (χ0v) is 17.8. The summed E-state index contributed by atoms with van der Waals surface area (Å²) in [6, 6.07) is 16.2. The van der Waals surface area contributed by atoms with Crippen molar-refractivity contribution in [3.63, 3.8) is 0 Å². The molecule has 152 valence electrons. The molecule has 0 unspecified atom stereocenters. The smallest absolute Gasteiger partial charge is 0.230 e. The van der Waals surface area contributed by atoms with Crippen LogP contribution in [0.2, 0.25) is 0 Å². The molecule has 29 heavy (non-hydrogen) atoms. The van der Waals surface area contributed by atoms with Gasteiger partial charge in [0, 0.05) is 13.6 Å². The molecule has 0 fully saturated rings. The Labute approximate surface area is 175 Å². The SMILES string of the molecule is Cc1cc(C)cc(OCc2nnc(SCC(=O)NCCc3ccccc3)n2C)c1. The highest BCUT2D eigenvalue weighted by molar-refractivity contribution is 7.99. The van der Waals surface area contributed by atoms with Gasteiger partial charge < -0.3 is 14.6 Å². The second-order valence-electron chi connectivity index (χ2n) is 6.94. The molecule has 6 nitrogen and oxygen atoms in total. The number of aromatic nitrogens is 3. The van der Waals surface area contributed by atoms with E-state index in [-0.39, 0.29) is 5.91 Å². The van der Waals surface area contributed by atoms with Gasteiger partial charge in [0.15, 0.2) is 11.0 Å². The Kier molecular flexibility index (Phi) is 7.30. The number of hydrogen-bond donors (Lipinski definition) is 1. The summed E-state index contributed by atoms with van der Waals surface area (Å²) in [4.78, 5) is 12.1. The van der Waals surface area contributed by atoms with Gasteiger partial charge in [-0.15, -0.1) is 10.2 Å². The lowest BCUT2D eigenvalue weighted by Gasteiger charge is -2.08. The maximum atomic E-state index is 12.1. The molecule has 0 radical (unpaired) electrons. The number of hydrogen-bond acceptors (Lipinski definition) is 5. The van der Waals surface area contributed by atoms with Gasteiger partial charge in [0.2, 0.25) is 5.91 Å². The van der Waals surface area contributed by atoms with Crippen molar-refractivity contribution < 1.29 is 9.53 Å². The number of rotatable bonds is 9. The first-order valence-corrected chi connectivity index (χ1v) is 10.5. The predicted octanol–water partition coefficient (Wildman–Crippen LogP) is 3.46. The topological polar surface area (TPSA) is 69.0 Å². The molecule has 2 aromatic carbocycles. The van der Waals surface area contributed by atoms with E-state index >= 15 is 0 Å². The highest BCUT2D eigenvalue weighted by Crippen LogP contribution is 2.19. The zero-order chi connectivity index (χ0) is 20.6. The van der Waals surface area contributed by atoms with Crippen molar-refractivity contribution in [2.75, 3.05) is 12.3 Å². The fraction of sp³-hybridized carbons (Fsp3) is 0.318. The quantitative estimate of drug-likeness (QED) is 0.547. The Hall–Kier alpha value is -2.80. The molecule has 3 aromatic rings. The molecule has 0 aliphatic rings. The lowest BCUT2D eigenvalue weighted by Crippen LogP contribution is -2.27. The minimum Gasteiger partial charge on any atom is -0.486 e. The average Bonchev–Trinajstić information content (AvgIpc) is 3.04. The summed E-state index contributed by atoms with van der Waals surface area (Å²) in [6.45, 7) is 5.04. The molecular formula is C22H26N4O2S. The van der Waals surface area contributed by atoms with Gasteiger partial charge in [-0.1, -0.05) is 48.2 Å². The fourth-order valence-electron chi connectivity index (χ4n) is 2.93.